The summed E-state index contributed by atoms with van der Waals surface area (Å²) in [7, 11) is 0. The van der Waals surface area contributed by atoms with Gasteiger partial charge in [-0.25, -0.2) is 4.98 Å². The normalized spacial score (nSPS) is 17.6. The summed E-state index contributed by atoms with van der Waals surface area (Å²) >= 11 is 3.42. The van der Waals surface area contributed by atoms with Gasteiger partial charge in [0.15, 0.2) is 0 Å². The minimum atomic E-state index is 0.506. The van der Waals surface area contributed by atoms with E-state index in [2.05, 4.69) is 50.1 Å². The van der Waals surface area contributed by atoms with Crippen molar-refractivity contribution in [3.63, 3.8) is 0 Å². The molecule has 0 bridgehead atoms. The highest BCUT2D eigenvalue weighted by molar-refractivity contribution is 9.10. The molecular formula is C15H16BrN3. The Balaban J connectivity index is 1.98. The number of hydrogen-bond donors (Lipinski definition) is 1. The van der Waals surface area contributed by atoms with Crippen molar-refractivity contribution >= 4 is 27.4 Å². The minimum absolute atomic E-state index is 0.506. The smallest absolute Gasteiger partial charge is 0.133 e. The van der Waals surface area contributed by atoms with E-state index >= 15 is 0 Å². The van der Waals surface area contributed by atoms with Gasteiger partial charge in [-0.15, -0.1) is 0 Å². The number of anilines is 2. The van der Waals surface area contributed by atoms with Crippen molar-refractivity contribution in [2.24, 2.45) is 5.73 Å². The van der Waals surface area contributed by atoms with E-state index in [1.807, 2.05) is 18.3 Å². The number of pyridine rings is 1. The van der Waals surface area contributed by atoms with Crippen LogP contribution >= 0.6 is 15.9 Å². The molecule has 0 aliphatic carbocycles. The summed E-state index contributed by atoms with van der Waals surface area (Å²) in [4.78, 5) is 6.78. The van der Waals surface area contributed by atoms with Crippen molar-refractivity contribution in [3.05, 3.63) is 52.6 Å². The molecule has 0 radical (unpaired) electrons. The standard InChI is InChI=1S/C15H16BrN3/c16-12-5-6-15(18-9-12)19-10-11(7-8-17)13-3-1-2-4-14(13)19/h1-6,9,11H,7-8,10,17H2. The van der Waals surface area contributed by atoms with Gasteiger partial charge in [-0.05, 0) is 52.7 Å². The largest absolute Gasteiger partial charge is 0.330 e. The molecule has 0 spiro atoms. The number of fused-ring (bicyclic) bond motifs is 1. The molecule has 1 aromatic heterocycles. The second-order valence-electron chi connectivity index (χ2n) is 4.78. The highest BCUT2D eigenvalue weighted by Crippen LogP contribution is 2.41. The van der Waals surface area contributed by atoms with Gasteiger partial charge < -0.3 is 10.6 Å². The van der Waals surface area contributed by atoms with Gasteiger partial charge in [-0.1, -0.05) is 18.2 Å². The molecule has 3 nitrogen and oxygen atoms in total. The Kier molecular flexibility index (Phi) is 3.53. The van der Waals surface area contributed by atoms with E-state index in [0.29, 0.717) is 5.92 Å². The fourth-order valence-electron chi connectivity index (χ4n) is 2.69. The number of halogens is 1. The molecule has 3 rings (SSSR count). The predicted octanol–water partition coefficient (Wildman–Crippen LogP) is 3.43. The van der Waals surface area contributed by atoms with E-state index in [1.54, 1.807) is 0 Å². The fourth-order valence-corrected chi connectivity index (χ4v) is 2.92. The van der Waals surface area contributed by atoms with E-state index in [1.165, 1.54) is 11.3 Å². The third-order valence-electron chi connectivity index (χ3n) is 3.57. The summed E-state index contributed by atoms with van der Waals surface area (Å²) < 4.78 is 1.00. The van der Waals surface area contributed by atoms with Crippen LogP contribution in [0.25, 0.3) is 0 Å². The van der Waals surface area contributed by atoms with E-state index in [4.69, 9.17) is 5.73 Å². The van der Waals surface area contributed by atoms with Crippen molar-refractivity contribution in [2.45, 2.75) is 12.3 Å². The maximum atomic E-state index is 5.73. The average Bonchev–Trinajstić information content (AvgIpc) is 2.80. The molecule has 1 aromatic carbocycles. The first-order valence-electron chi connectivity index (χ1n) is 6.47. The molecule has 2 N–H and O–H groups in total. The molecule has 0 amide bonds. The van der Waals surface area contributed by atoms with Gasteiger partial charge in [-0.3, -0.25) is 0 Å². The Morgan fingerprint density at radius 2 is 2.11 bits per heavy atom. The quantitative estimate of drug-likeness (QED) is 0.943. The molecule has 0 fully saturated rings. The predicted molar refractivity (Wildman–Crippen MR) is 81.8 cm³/mol. The maximum Gasteiger partial charge on any atom is 0.133 e. The minimum Gasteiger partial charge on any atom is -0.330 e. The van der Waals surface area contributed by atoms with Crippen molar-refractivity contribution < 1.29 is 0 Å². The van der Waals surface area contributed by atoms with Crippen molar-refractivity contribution in [1.82, 2.24) is 4.98 Å². The fraction of sp³-hybridized carbons (Fsp3) is 0.267. The molecule has 4 heteroatoms. The number of rotatable bonds is 3. The highest BCUT2D eigenvalue weighted by Gasteiger charge is 2.28. The van der Waals surface area contributed by atoms with Crippen LogP contribution in [0.3, 0.4) is 0 Å². The Hall–Kier alpha value is -1.39. The van der Waals surface area contributed by atoms with E-state index in [-0.39, 0.29) is 0 Å². The summed E-state index contributed by atoms with van der Waals surface area (Å²) in [5.74, 6) is 1.50. The number of nitrogens with zero attached hydrogens (tertiary/aromatic N) is 2. The number of para-hydroxylation sites is 1. The van der Waals surface area contributed by atoms with Gasteiger partial charge in [0.05, 0.1) is 0 Å². The Morgan fingerprint density at radius 1 is 1.26 bits per heavy atom. The first-order valence-corrected chi connectivity index (χ1v) is 7.27. The third kappa shape index (κ3) is 2.38. The van der Waals surface area contributed by atoms with E-state index < -0.39 is 0 Å². The second kappa shape index (κ2) is 5.31. The lowest BCUT2D eigenvalue weighted by molar-refractivity contribution is 0.667. The number of aromatic nitrogens is 1. The molecule has 19 heavy (non-hydrogen) atoms. The van der Waals surface area contributed by atoms with Gasteiger partial charge in [0.2, 0.25) is 0 Å². The van der Waals surface area contributed by atoms with Gasteiger partial charge in [-0.2, -0.15) is 0 Å². The number of benzene rings is 1. The summed E-state index contributed by atoms with van der Waals surface area (Å²) in [5.41, 5.74) is 8.38. The van der Waals surface area contributed by atoms with E-state index in [0.717, 1.165) is 29.8 Å². The lowest BCUT2D eigenvalue weighted by Gasteiger charge is -2.18. The van der Waals surface area contributed by atoms with Crippen LogP contribution in [0, 0.1) is 0 Å². The molecule has 2 aromatic rings. The molecule has 98 valence electrons. The molecule has 1 aliphatic rings. The molecule has 2 heterocycles. The van der Waals surface area contributed by atoms with Crippen molar-refractivity contribution in [3.8, 4) is 0 Å². The molecule has 0 saturated heterocycles. The van der Waals surface area contributed by atoms with Crippen LogP contribution in [0.1, 0.15) is 17.9 Å². The molecule has 0 saturated carbocycles. The van der Waals surface area contributed by atoms with Crippen LogP contribution in [0.5, 0.6) is 0 Å². The van der Waals surface area contributed by atoms with Crippen LogP contribution in [-0.2, 0) is 0 Å². The summed E-state index contributed by atoms with van der Waals surface area (Å²) in [6.45, 7) is 1.69. The maximum absolute atomic E-state index is 5.73. The zero-order valence-electron chi connectivity index (χ0n) is 10.6. The molecular weight excluding hydrogens is 302 g/mol. The summed E-state index contributed by atoms with van der Waals surface area (Å²) in [5, 5.41) is 0. The van der Waals surface area contributed by atoms with E-state index in [9.17, 15) is 0 Å². The molecule has 1 atom stereocenters. The van der Waals surface area contributed by atoms with Crippen molar-refractivity contribution in [2.75, 3.05) is 18.0 Å². The Morgan fingerprint density at radius 3 is 2.84 bits per heavy atom. The zero-order chi connectivity index (χ0) is 13.2. The highest BCUT2D eigenvalue weighted by atomic mass is 79.9. The van der Waals surface area contributed by atoms with Crippen LogP contribution in [0.2, 0.25) is 0 Å². The first-order chi connectivity index (χ1) is 9.29. The van der Waals surface area contributed by atoms with Crippen LogP contribution in [0.4, 0.5) is 11.5 Å². The lowest BCUT2D eigenvalue weighted by atomic mass is 9.98. The van der Waals surface area contributed by atoms with Crippen molar-refractivity contribution in [1.29, 1.82) is 0 Å². The van der Waals surface area contributed by atoms with Crippen LogP contribution in [0.15, 0.2) is 47.1 Å². The Bertz CT molecular complexity index is 568. The van der Waals surface area contributed by atoms with Gasteiger partial charge in [0.1, 0.15) is 5.82 Å². The second-order valence-corrected chi connectivity index (χ2v) is 5.69. The SMILES string of the molecule is NCCC1CN(c2ccc(Br)cn2)c2ccccc21. The average molecular weight is 318 g/mol. The Labute approximate surface area is 121 Å². The number of nitrogens with two attached hydrogens (primary N) is 1. The molecule has 1 aliphatic heterocycles. The van der Waals surface area contributed by atoms with Crippen LogP contribution < -0.4 is 10.6 Å². The first kappa shape index (κ1) is 12.6. The zero-order valence-corrected chi connectivity index (χ0v) is 12.2. The van der Waals surface area contributed by atoms with Crippen LogP contribution in [-0.4, -0.2) is 18.1 Å². The summed E-state index contributed by atoms with van der Waals surface area (Å²) in [6.07, 6.45) is 2.86. The third-order valence-corrected chi connectivity index (χ3v) is 4.04. The lowest BCUT2D eigenvalue weighted by Crippen LogP contribution is -2.18. The monoisotopic (exact) mass is 317 g/mol. The van der Waals surface area contributed by atoms with Gasteiger partial charge >= 0.3 is 0 Å². The summed E-state index contributed by atoms with van der Waals surface area (Å²) in [6, 6.07) is 12.6. The van der Waals surface area contributed by atoms with Gasteiger partial charge in [0.25, 0.3) is 0 Å². The molecule has 1 unspecified atom stereocenters. The topological polar surface area (TPSA) is 42.1 Å². The van der Waals surface area contributed by atoms with Gasteiger partial charge in [0, 0.05) is 28.8 Å². The number of hydrogen-bond acceptors (Lipinski definition) is 3.